The van der Waals surface area contributed by atoms with Crippen LogP contribution in [-0.4, -0.2) is 9.55 Å². The van der Waals surface area contributed by atoms with Crippen LogP contribution in [0.15, 0.2) is 66.9 Å². The molecule has 2 heteroatoms. The van der Waals surface area contributed by atoms with Crippen molar-refractivity contribution < 1.29 is 0 Å². The lowest BCUT2D eigenvalue weighted by Gasteiger charge is -2.06. The Hall–Kier alpha value is -2.61. The molecule has 0 fully saturated rings. The molecule has 0 aliphatic carbocycles. The number of benzene rings is 2. The summed E-state index contributed by atoms with van der Waals surface area (Å²) in [5.41, 5.74) is 4.64. The molecule has 0 aliphatic rings. The van der Waals surface area contributed by atoms with Crippen molar-refractivity contribution in [3.8, 4) is 5.69 Å². The zero-order valence-electron chi connectivity index (χ0n) is 11.2. The molecule has 0 bridgehead atoms. The summed E-state index contributed by atoms with van der Waals surface area (Å²) in [5.74, 6) is 0. The molecule has 0 saturated carbocycles. The highest BCUT2D eigenvalue weighted by molar-refractivity contribution is 6.07. The minimum absolute atomic E-state index is 1.01. The monoisotopic (exact) mass is 258 g/mol. The van der Waals surface area contributed by atoms with Crippen LogP contribution in [0.25, 0.3) is 27.6 Å². The van der Waals surface area contributed by atoms with E-state index in [0.717, 1.165) is 11.3 Å². The second-order valence-corrected chi connectivity index (χ2v) is 5.07. The number of para-hydroxylation sites is 1. The Morgan fingerprint density at radius 1 is 0.850 bits per heavy atom. The van der Waals surface area contributed by atoms with Crippen molar-refractivity contribution in [3.05, 3.63) is 72.4 Å². The van der Waals surface area contributed by atoms with Crippen LogP contribution in [0.5, 0.6) is 0 Å². The average Bonchev–Trinajstić information content (AvgIpc) is 2.81. The average molecular weight is 258 g/mol. The Kier molecular flexibility index (Phi) is 2.36. The molecule has 2 aromatic carbocycles. The third-order valence-electron chi connectivity index (χ3n) is 3.70. The van der Waals surface area contributed by atoms with Crippen molar-refractivity contribution >= 4 is 21.9 Å². The summed E-state index contributed by atoms with van der Waals surface area (Å²) in [6.07, 6.45) is 1.85. The van der Waals surface area contributed by atoms with Gasteiger partial charge in [0.15, 0.2) is 0 Å². The first kappa shape index (κ1) is 11.2. The highest BCUT2D eigenvalue weighted by Gasteiger charge is 2.12. The molecule has 2 nitrogen and oxygen atoms in total. The predicted molar refractivity (Wildman–Crippen MR) is 83.3 cm³/mol. The van der Waals surface area contributed by atoms with Gasteiger partial charge in [-0.15, -0.1) is 0 Å². The Morgan fingerprint density at radius 2 is 1.70 bits per heavy atom. The molecular formula is C18H14N2. The zero-order chi connectivity index (χ0) is 13.5. The number of rotatable bonds is 1. The number of nitrogens with zero attached hydrogens (tertiary/aromatic N) is 2. The van der Waals surface area contributed by atoms with Gasteiger partial charge in [0.25, 0.3) is 0 Å². The van der Waals surface area contributed by atoms with Crippen LogP contribution in [0.2, 0.25) is 0 Å². The SMILES string of the molecule is Cc1ccc2c3cccnc3n(-c3ccccc3)c2c1. The summed E-state index contributed by atoms with van der Waals surface area (Å²) in [6.45, 7) is 2.12. The third-order valence-corrected chi connectivity index (χ3v) is 3.70. The van der Waals surface area contributed by atoms with Gasteiger partial charge in [0.05, 0.1) is 5.52 Å². The number of fused-ring (bicyclic) bond motifs is 3. The molecule has 0 atom stereocenters. The topological polar surface area (TPSA) is 17.8 Å². The second-order valence-electron chi connectivity index (χ2n) is 5.07. The highest BCUT2D eigenvalue weighted by Crippen LogP contribution is 2.30. The largest absolute Gasteiger partial charge is 0.294 e. The van der Waals surface area contributed by atoms with Crippen molar-refractivity contribution in [2.24, 2.45) is 0 Å². The van der Waals surface area contributed by atoms with Crippen LogP contribution >= 0.6 is 0 Å². The summed E-state index contributed by atoms with van der Waals surface area (Å²) in [5, 5.41) is 2.45. The molecular weight excluding hydrogens is 244 g/mol. The van der Waals surface area contributed by atoms with Crippen molar-refractivity contribution in [3.63, 3.8) is 0 Å². The van der Waals surface area contributed by atoms with Crippen molar-refractivity contribution in [2.75, 3.05) is 0 Å². The summed E-state index contributed by atoms with van der Waals surface area (Å²) in [6, 6.07) is 21.1. The highest BCUT2D eigenvalue weighted by atomic mass is 15.0. The van der Waals surface area contributed by atoms with Gasteiger partial charge < -0.3 is 0 Å². The summed E-state index contributed by atoms with van der Waals surface area (Å²) < 4.78 is 2.23. The molecule has 0 saturated heterocycles. The fourth-order valence-electron chi connectivity index (χ4n) is 2.79. The van der Waals surface area contributed by atoms with Gasteiger partial charge in [-0.1, -0.05) is 30.3 Å². The van der Waals surface area contributed by atoms with Crippen LogP contribution in [0, 0.1) is 6.92 Å². The molecule has 0 spiro atoms. The van der Waals surface area contributed by atoms with Crippen LogP contribution < -0.4 is 0 Å². The van der Waals surface area contributed by atoms with Gasteiger partial charge in [-0.3, -0.25) is 4.57 Å². The van der Waals surface area contributed by atoms with E-state index in [1.807, 2.05) is 18.3 Å². The van der Waals surface area contributed by atoms with Gasteiger partial charge >= 0.3 is 0 Å². The molecule has 0 radical (unpaired) electrons. The predicted octanol–water partition coefficient (Wildman–Crippen LogP) is 4.49. The van der Waals surface area contributed by atoms with Gasteiger partial charge in [-0.05, 0) is 42.8 Å². The Labute approximate surface area is 117 Å². The summed E-state index contributed by atoms with van der Waals surface area (Å²) in [7, 11) is 0. The van der Waals surface area contributed by atoms with E-state index < -0.39 is 0 Å². The van der Waals surface area contributed by atoms with E-state index in [4.69, 9.17) is 0 Å². The Balaban J connectivity index is 2.23. The number of hydrogen-bond donors (Lipinski definition) is 0. The standard InChI is InChI=1S/C18H14N2/c1-13-9-10-15-16-8-5-11-19-18(16)20(17(15)12-13)14-6-3-2-4-7-14/h2-12H,1H3. The first-order chi connectivity index (χ1) is 9.84. The summed E-state index contributed by atoms with van der Waals surface area (Å²) in [4.78, 5) is 4.59. The molecule has 0 amide bonds. The molecule has 0 unspecified atom stereocenters. The molecule has 4 rings (SSSR count). The van der Waals surface area contributed by atoms with E-state index in [9.17, 15) is 0 Å². The van der Waals surface area contributed by atoms with Crippen molar-refractivity contribution in [1.82, 2.24) is 9.55 Å². The van der Waals surface area contributed by atoms with E-state index in [-0.39, 0.29) is 0 Å². The smallest absolute Gasteiger partial charge is 0.145 e. The fourth-order valence-corrected chi connectivity index (χ4v) is 2.79. The Bertz CT molecular complexity index is 905. The third kappa shape index (κ3) is 1.55. The lowest BCUT2D eigenvalue weighted by molar-refractivity contribution is 1.13. The molecule has 0 N–H and O–H groups in total. The Morgan fingerprint density at radius 3 is 2.55 bits per heavy atom. The molecule has 96 valence electrons. The molecule has 4 aromatic rings. The minimum atomic E-state index is 1.01. The van der Waals surface area contributed by atoms with Gasteiger partial charge in [-0.25, -0.2) is 4.98 Å². The lowest BCUT2D eigenvalue weighted by Crippen LogP contribution is -1.94. The molecule has 0 aliphatic heterocycles. The lowest BCUT2D eigenvalue weighted by atomic mass is 10.1. The normalized spacial score (nSPS) is 11.2. The van der Waals surface area contributed by atoms with Gasteiger partial charge in [-0.2, -0.15) is 0 Å². The summed E-state index contributed by atoms with van der Waals surface area (Å²) >= 11 is 0. The molecule has 2 aromatic heterocycles. The van der Waals surface area contributed by atoms with Crippen LogP contribution in [0.1, 0.15) is 5.56 Å². The van der Waals surface area contributed by atoms with E-state index in [1.165, 1.54) is 21.9 Å². The minimum Gasteiger partial charge on any atom is -0.294 e. The van der Waals surface area contributed by atoms with Gasteiger partial charge in [0.1, 0.15) is 5.65 Å². The maximum absolute atomic E-state index is 4.59. The van der Waals surface area contributed by atoms with Crippen molar-refractivity contribution in [2.45, 2.75) is 6.92 Å². The zero-order valence-corrected chi connectivity index (χ0v) is 11.2. The first-order valence-electron chi connectivity index (χ1n) is 6.76. The molecule has 2 heterocycles. The maximum atomic E-state index is 4.59. The second kappa shape index (κ2) is 4.20. The number of aromatic nitrogens is 2. The maximum Gasteiger partial charge on any atom is 0.145 e. The van der Waals surface area contributed by atoms with E-state index in [1.54, 1.807) is 0 Å². The van der Waals surface area contributed by atoms with Gasteiger partial charge in [0.2, 0.25) is 0 Å². The number of hydrogen-bond acceptors (Lipinski definition) is 1. The first-order valence-corrected chi connectivity index (χ1v) is 6.76. The van der Waals surface area contributed by atoms with Crippen LogP contribution in [0.3, 0.4) is 0 Å². The quantitative estimate of drug-likeness (QED) is 0.492. The van der Waals surface area contributed by atoms with E-state index in [2.05, 4.69) is 65.0 Å². The van der Waals surface area contributed by atoms with Crippen LogP contribution in [0.4, 0.5) is 0 Å². The van der Waals surface area contributed by atoms with Gasteiger partial charge in [0, 0.05) is 22.7 Å². The van der Waals surface area contributed by atoms with Crippen molar-refractivity contribution in [1.29, 1.82) is 0 Å². The number of aryl methyl sites for hydroxylation is 1. The van der Waals surface area contributed by atoms with E-state index >= 15 is 0 Å². The van der Waals surface area contributed by atoms with Crippen LogP contribution in [-0.2, 0) is 0 Å². The van der Waals surface area contributed by atoms with E-state index in [0.29, 0.717) is 0 Å². The molecule has 20 heavy (non-hydrogen) atoms. The fraction of sp³-hybridized carbons (Fsp3) is 0.0556. The number of pyridine rings is 1.